The van der Waals surface area contributed by atoms with Gasteiger partial charge in [-0.15, -0.1) is 0 Å². The van der Waals surface area contributed by atoms with Crippen molar-refractivity contribution >= 4 is 0 Å². The Labute approximate surface area is 243 Å². The van der Waals surface area contributed by atoms with Crippen molar-refractivity contribution in [2.24, 2.45) is 0 Å². The number of hydrogen-bond acceptors (Lipinski definition) is 0. The van der Waals surface area contributed by atoms with E-state index >= 15 is 0 Å². The molecule has 0 atom stereocenters. The zero-order valence-electron chi connectivity index (χ0n) is 26.3. The third-order valence-corrected chi connectivity index (χ3v) is 8.36. The van der Waals surface area contributed by atoms with E-state index in [0.29, 0.717) is 0 Å². The first-order valence-electron chi connectivity index (χ1n) is 17.4. The summed E-state index contributed by atoms with van der Waals surface area (Å²) in [7, 11) is 0. The summed E-state index contributed by atoms with van der Waals surface area (Å²) in [6.45, 7) is 7.79. The lowest BCUT2D eigenvalue weighted by Gasteiger charge is -2.02. The van der Waals surface area contributed by atoms with Crippen molar-refractivity contribution in [3.8, 4) is 0 Å². The van der Waals surface area contributed by atoms with Crippen LogP contribution in [0.25, 0.3) is 0 Å². The first kappa shape index (κ1) is 33.6. The summed E-state index contributed by atoms with van der Waals surface area (Å²) in [5, 5.41) is 0. The van der Waals surface area contributed by atoms with Crippen LogP contribution < -0.4 is 9.13 Å². The minimum Gasteiger partial charge on any atom is -0.237 e. The first-order chi connectivity index (χ1) is 19.3. The van der Waals surface area contributed by atoms with Crippen LogP contribution in [0.4, 0.5) is 0 Å². The van der Waals surface area contributed by atoms with Gasteiger partial charge in [-0.3, -0.25) is 0 Å². The summed E-state index contributed by atoms with van der Waals surface area (Å²) in [5.41, 5.74) is 0. The van der Waals surface area contributed by atoms with Gasteiger partial charge in [0.2, 0.25) is 19.3 Å². The van der Waals surface area contributed by atoms with Crippen LogP contribution in [-0.2, 0) is 19.8 Å². The van der Waals surface area contributed by atoms with Crippen LogP contribution in [0.3, 0.4) is 0 Å². The number of nitrogens with zero attached hydrogens (tertiary/aromatic N) is 4. The van der Waals surface area contributed by atoms with E-state index in [-0.39, 0.29) is 0 Å². The Balaban J connectivity index is 1.43. The van der Waals surface area contributed by atoms with Gasteiger partial charge in [0.05, 0.1) is 13.1 Å². The highest BCUT2D eigenvalue weighted by atomic mass is 15.2. The quantitative estimate of drug-likeness (QED) is 0.0752. The Morgan fingerprint density at radius 2 is 0.667 bits per heavy atom. The lowest BCUT2D eigenvalue weighted by molar-refractivity contribution is -0.912. The van der Waals surface area contributed by atoms with Crippen molar-refractivity contribution in [2.45, 2.75) is 188 Å². The molecule has 2 heterocycles. The van der Waals surface area contributed by atoms with E-state index in [9.17, 15) is 0 Å². The van der Waals surface area contributed by atoms with Crippen LogP contribution in [-0.4, -0.2) is 9.13 Å². The number of rotatable bonds is 28. The molecule has 39 heavy (non-hydrogen) atoms. The minimum absolute atomic E-state index is 0.900. The van der Waals surface area contributed by atoms with Crippen LogP contribution in [0, 0.1) is 0 Å². The van der Waals surface area contributed by atoms with Crippen LogP contribution >= 0.6 is 0 Å². The van der Waals surface area contributed by atoms with Crippen molar-refractivity contribution in [2.75, 3.05) is 0 Å². The lowest BCUT2D eigenvalue weighted by atomic mass is 10.1. The SMILES string of the molecule is CCCCCCCCCCCCCCn1cc[n+](C[n+]2ccn(CCCCCCCCCCCCCC)c2)c1. The lowest BCUT2D eigenvalue weighted by Crippen LogP contribution is -2.49. The zero-order chi connectivity index (χ0) is 27.6. The smallest absolute Gasteiger partial charge is 0.237 e. The number of imidazole rings is 2. The van der Waals surface area contributed by atoms with Crippen LogP contribution in [0.5, 0.6) is 0 Å². The summed E-state index contributed by atoms with van der Waals surface area (Å²) in [6, 6.07) is 0. The second-order valence-corrected chi connectivity index (χ2v) is 12.3. The van der Waals surface area contributed by atoms with Gasteiger partial charge in [0, 0.05) is 0 Å². The fraction of sp³-hybridized carbons (Fsp3) is 0.829. The van der Waals surface area contributed by atoms with E-state index in [1.807, 2.05) is 0 Å². The van der Waals surface area contributed by atoms with Gasteiger partial charge in [0.25, 0.3) is 0 Å². The Kier molecular flexibility index (Phi) is 20.9. The molecule has 0 radical (unpaired) electrons. The summed E-state index contributed by atoms with van der Waals surface area (Å²) in [6.07, 6.45) is 47.4. The van der Waals surface area contributed by atoms with E-state index < -0.39 is 0 Å². The zero-order valence-corrected chi connectivity index (χ0v) is 26.3. The highest BCUT2D eigenvalue weighted by molar-refractivity contribution is 4.67. The van der Waals surface area contributed by atoms with Crippen molar-refractivity contribution in [3.63, 3.8) is 0 Å². The Morgan fingerprint density at radius 1 is 0.385 bits per heavy atom. The van der Waals surface area contributed by atoms with Crippen LogP contribution in [0.1, 0.15) is 168 Å². The number of aromatic nitrogens is 4. The number of unbranched alkanes of at least 4 members (excludes halogenated alkanes) is 22. The van der Waals surface area contributed by atoms with Gasteiger partial charge in [0.15, 0.2) is 0 Å². The highest BCUT2D eigenvalue weighted by Gasteiger charge is 2.09. The molecule has 2 aromatic rings. The molecule has 4 nitrogen and oxygen atoms in total. The molecule has 0 aliphatic carbocycles. The summed E-state index contributed by atoms with van der Waals surface area (Å²) >= 11 is 0. The predicted octanol–water partition coefficient (Wildman–Crippen LogP) is 9.77. The third kappa shape index (κ3) is 18.4. The molecule has 2 aromatic heterocycles. The van der Waals surface area contributed by atoms with E-state index in [1.165, 1.54) is 154 Å². The molecule has 0 spiro atoms. The molecular weight excluding hydrogens is 476 g/mol. The maximum atomic E-state index is 2.36. The normalized spacial score (nSPS) is 11.5. The standard InChI is InChI=1S/C35H66N4/c1-3-5-7-9-11-13-15-17-19-21-23-25-27-36-29-31-38(33-36)35-39-32-30-37(34-39)28-26-24-22-20-18-16-14-12-10-8-6-4-2/h29-34H,3-28,35H2,1-2H3/q+2. The molecule has 0 saturated carbocycles. The molecule has 0 amide bonds. The Hall–Kier alpha value is -1.58. The maximum absolute atomic E-state index is 2.36. The first-order valence-corrected chi connectivity index (χ1v) is 17.4. The molecule has 0 bridgehead atoms. The van der Waals surface area contributed by atoms with Crippen molar-refractivity contribution < 1.29 is 9.13 Å². The fourth-order valence-corrected chi connectivity index (χ4v) is 5.77. The largest absolute Gasteiger partial charge is 0.246 e. The molecule has 4 heteroatoms. The van der Waals surface area contributed by atoms with Gasteiger partial charge >= 0.3 is 0 Å². The van der Waals surface area contributed by atoms with Gasteiger partial charge in [-0.1, -0.05) is 142 Å². The number of hydrogen-bond donors (Lipinski definition) is 0. The summed E-state index contributed by atoms with van der Waals surface area (Å²) in [5.74, 6) is 0. The molecule has 0 unspecified atom stereocenters. The summed E-state index contributed by atoms with van der Waals surface area (Å²) < 4.78 is 9.32. The topological polar surface area (TPSA) is 17.6 Å². The highest BCUT2D eigenvalue weighted by Crippen LogP contribution is 2.13. The molecule has 2 rings (SSSR count). The van der Waals surface area contributed by atoms with E-state index in [4.69, 9.17) is 0 Å². The van der Waals surface area contributed by atoms with Crippen molar-refractivity contribution in [3.05, 3.63) is 37.4 Å². The fourth-order valence-electron chi connectivity index (χ4n) is 5.77. The summed E-state index contributed by atoms with van der Waals surface area (Å²) in [4.78, 5) is 0. The molecule has 0 fully saturated rings. The maximum Gasteiger partial charge on any atom is 0.246 e. The molecule has 0 aromatic carbocycles. The van der Waals surface area contributed by atoms with Crippen molar-refractivity contribution in [1.29, 1.82) is 0 Å². The predicted molar refractivity (Wildman–Crippen MR) is 167 cm³/mol. The van der Waals surface area contributed by atoms with Gasteiger partial charge in [0.1, 0.15) is 24.8 Å². The monoisotopic (exact) mass is 543 g/mol. The third-order valence-electron chi connectivity index (χ3n) is 8.36. The molecule has 0 aliphatic rings. The second kappa shape index (κ2) is 24.2. The van der Waals surface area contributed by atoms with Gasteiger partial charge in [-0.25, -0.2) is 9.13 Å². The average Bonchev–Trinajstić information content (AvgIpc) is 3.59. The molecule has 0 aliphatic heterocycles. The molecule has 224 valence electrons. The van der Waals surface area contributed by atoms with E-state index in [1.54, 1.807) is 0 Å². The molecule has 0 N–H and O–H groups in total. The average molecular weight is 543 g/mol. The molecule has 0 saturated heterocycles. The Bertz CT molecular complexity index is 713. The molecular formula is C35H66N4+2. The van der Waals surface area contributed by atoms with Crippen molar-refractivity contribution in [1.82, 2.24) is 9.13 Å². The van der Waals surface area contributed by atoms with Gasteiger partial charge in [-0.2, -0.15) is 9.13 Å². The Morgan fingerprint density at radius 3 is 0.974 bits per heavy atom. The van der Waals surface area contributed by atoms with Crippen LogP contribution in [0.2, 0.25) is 0 Å². The van der Waals surface area contributed by atoms with Gasteiger partial charge in [-0.05, 0) is 25.7 Å². The van der Waals surface area contributed by atoms with Gasteiger partial charge < -0.3 is 0 Å². The van der Waals surface area contributed by atoms with Crippen LogP contribution in [0.15, 0.2) is 37.4 Å². The van der Waals surface area contributed by atoms with E-state index in [2.05, 4.69) is 69.6 Å². The minimum atomic E-state index is 0.900. The van der Waals surface area contributed by atoms with E-state index in [0.717, 1.165) is 19.8 Å². The number of aryl methyl sites for hydroxylation is 2. The second-order valence-electron chi connectivity index (χ2n) is 12.3.